The second-order valence-electron chi connectivity index (χ2n) is 6.91. The first-order chi connectivity index (χ1) is 14.0. The van der Waals surface area contributed by atoms with Crippen molar-refractivity contribution in [2.24, 2.45) is 0 Å². The van der Waals surface area contributed by atoms with E-state index in [-0.39, 0.29) is 5.91 Å². The predicted octanol–water partition coefficient (Wildman–Crippen LogP) is 3.20. The molecule has 2 aromatic heterocycles. The molecule has 1 atom stereocenters. The minimum atomic E-state index is -0.563. The minimum absolute atomic E-state index is 0.0581. The molecule has 0 saturated heterocycles. The third-order valence-electron chi connectivity index (χ3n) is 4.56. The van der Waals surface area contributed by atoms with Crippen molar-refractivity contribution in [1.82, 2.24) is 15.3 Å². The van der Waals surface area contributed by atoms with E-state index < -0.39 is 6.10 Å². The molecule has 6 nitrogen and oxygen atoms in total. The number of nitrogens with zero attached hydrogens (tertiary/aromatic N) is 2. The van der Waals surface area contributed by atoms with Crippen LogP contribution < -0.4 is 10.6 Å². The summed E-state index contributed by atoms with van der Waals surface area (Å²) < 4.78 is 0. The van der Waals surface area contributed by atoms with Crippen LogP contribution >= 0.6 is 11.3 Å². The highest BCUT2D eigenvalue weighted by atomic mass is 32.1. The molecule has 0 saturated carbocycles. The summed E-state index contributed by atoms with van der Waals surface area (Å²) in [6.07, 6.45) is 3.94. The molecular formula is C22H26N4O2S. The molecular weight excluding hydrogens is 384 g/mol. The number of thiazole rings is 1. The molecule has 1 aromatic carbocycles. The number of hydrogen-bond donors (Lipinski definition) is 3. The van der Waals surface area contributed by atoms with Gasteiger partial charge in [0, 0.05) is 35.1 Å². The number of nitrogens with one attached hydrogen (secondary N) is 2. The Labute approximate surface area is 175 Å². The number of pyridine rings is 1. The Kier molecular flexibility index (Phi) is 7.46. The van der Waals surface area contributed by atoms with Crippen molar-refractivity contribution in [3.8, 4) is 0 Å². The van der Waals surface area contributed by atoms with Gasteiger partial charge in [-0.2, -0.15) is 0 Å². The summed E-state index contributed by atoms with van der Waals surface area (Å²) >= 11 is 1.61. The predicted molar refractivity (Wildman–Crippen MR) is 116 cm³/mol. The molecule has 0 aliphatic carbocycles. The molecule has 0 aliphatic rings. The number of aryl methyl sites for hydroxylation is 2. The number of rotatable bonds is 9. The van der Waals surface area contributed by atoms with Gasteiger partial charge in [0.15, 0.2) is 0 Å². The maximum absolute atomic E-state index is 12.2. The van der Waals surface area contributed by atoms with Crippen LogP contribution in [-0.4, -0.2) is 34.1 Å². The minimum Gasteiger partial charge on any atom is -0.387 e. The largest absolute Gasteiger partial charge is 0.387 e. The van der Waals surface area contributed by atoms with Crippen molar-refractivity contribution in [2.45, 2.75) is 32.8 Å². The van der Waals surface area contributed by atoms with E-state index in [0.29, 0.717) is 13.0 Å². The lowest BCUT2D eigenvalue weighted by atomic mass is 10.1. The van der Waals surface area contributed by atoms with Crippen LogP contribution in [0.4, 0.5) is 5.69 Å². The van der Waals surface area contributed by atoms with E-state index in [0.717, 1.165) is 45.4 Å². The van der Waals surface area contributed by atoms with Gasteiger partial charge in [0.2, 0.25) is 5.91 Å². The van der Waals surface area contributed by atoms with Gasteiger partial charge in [-0.05, 0) is 50.6 Å². The molecule has 2 heterocycles. The molecule has 3 aromatic rings. The lowest BCUT2D eigenvalue weighted by Crippen LogP contribution is -2.23. The lowest BCUT2D eigenvalue weighted by Gasteiger charge is -2.12. The summed E-state index contributed by atoms with van der Waals surface area (Å²) in [5.74, 6) is -0.0581. The monoisotopic (exact) mass is 410 g/mol. The fraction of sp³-hybridized carbons (Fsp3) is 0.318. The van der Waals surface area contributed by atoms with Crippen LogP contribution in [0.1, 0.15) is 32.8 Å². The van der Waals surface area contributed by atoms with Crippen molar-refractivity contribution < 1.29 is 9.90 Å². The molecule has 0 aliphatic heterocycles. The van der Waals surface area contributed by atoms with Gasteiger partial charge in [0.25, 0.3) is 0 Å². The van der Waals surface area contributed by atoms with Crippen LogP contribution in [0.5, 0.6) is 0 Å². The first-order valence-corrected chi connectivity index (χ1v) is 10.4. The topological polar surface area (TPSA) is 87.1 Å². The van der Waals surface area contributed by atoms with Crippen LogP contribution in [0.25, 0.3) is 0 Å². The Morgan fingerprint density at radius 1 is 1.21 bits per heavy atom. The SMILES string of the molecule is Cc1nc(CC(=O)Nc2ccc(CCNC[C@H](O)c3cccnc3)cc2)c(C)s1. The molecule has 152 valence electrons. The van der Waals surface area contributed by atoms with E-state index in [2.05, 4.69) is 20.6 Å². The molecule has 3 rings (SSSR count). The molecule has 7 heteroatoms. The van der Waals surface area contributed by atoms with Crippen molar-refractivity contribution >= 4 is 22.9 Å². The Morgan fingerprint density at radius 3 is 2.66 bits per heavy atom. The number of benzene rings is 1. The maximum atomic E-state index is 12.2. The zero-order valence-corrected chi connectivity index (χ0v) is 17.5. The van der Waals surface area contributed by atoms with Gasteiger partial charge in [-0.15, -0.1) is 11.3 Å². The molecule has 0 fully saturated rings. The highest BCUT2D eigenvalue weighted by Gasteiger charge is 2.11. The van der Waals surface area contributed by atoms with Crippen LogP contribution in [0.15, 0.2) is 48.8 Å². The van der Waals surface area contributed by atoms with E-state index >= 15 is 0 Å². The van der Waals surface area contributed by atoms with Gasteiger partial charge < -0.3 is 15.7 Å². The van der Waals surface area contributed by atoms with E-state index in [1.165, 1.54) is 0 Å². The van der Waals surface area contributed by atoms with Crippen molar-refractivity contribution in [1.29, 1.82) is 0 Å². The molecule has 0 spiro atoms. The van der Waals surface area contributed by atoms with Gasteiger partial charge in [-0.1, -0.05) is 18.2 Å². The number of anilines is 1. The Morgan fingerprint density at radius 2 is 2.00 bits per heavy atom. The fourth-order valence-corrected chi connectivity index (χ4v) is 3.85. The number of amides is 1. The number of carbonyl (C=O) groups is 1. The second kappa shape index (κ2) is 10.2. The summed E-state index contributed by atoms with van der Waals surface area (Å²) in [5.41, 5.74) is 3.60. The average molecular weight is 411 g/mol. The van der Waals surface area contributed by atoms with Crippen molar-refractivity contribution in [2.75, 3.05) is 18.4 Å². The Hall–Kier alpha value is -2.61. The molecule has 1 amide bonds. The summed E-state index contributed by atoms with van der Waals surface area (Å²) in [6, 6.07) is 11.5. The van der Waals surface area contributed by atoms with Gasteiger partial charge in [-0.3, -0.25) is 9.78 Å². The zero-order chi connectivity index (χ0) is 20.6. The number of aromatic nitrogens is 2. The summed E-state index contributed by atoms with van der Waals surface area (Å²) in [6.45, 7) is 5.18. The van der Waals surface area contributed by atoms with Crippen LogP contribution in [0.2, 0.25) is 0 Å². The smallest absolute Gasteiger partial charge is 0.230 e. The van der Waals surface area contributed by atoms with E-state index in [4.69, 9.17) is 0 Å². The van der Waals surface area contributed by atoms with Gasteiger partial charge >= 0.3 is 0 Å². The van der Waals surface area contributed by atoms with Gasteiger partial charge in [0.1, 0.15) is 0 Å². The number of aliphatic hydroxyl groups is 1. The molecule has 3 N–H and O–H groups in total. The number of aliphatic hydroxyl groups excluding tert-OH is 1. The van der Waals surface area contributed by atoms with E-state index in [9.17, 15) is 9.90 Å². The van der Waals surface area contributed by atoms with Crippen molar-refractivity contribution in [3.63, 3.8) is 0 Å². The second-order valence-corrected chi connectivity index (χ2v) is 8.32. The first kappa shape index (κ1) is 21.1. The highest BCUT2D eigenvalue weighted by Crippen LogP contribution is 2.18. The van der Waals surface area contributed by atoms with Gasteiger partial charge in [0.05, 0.1) is 23.2 Å². The average Bonchev–Trinajstić information content (AvgIpc) is 3.03. The third-order valence-corrected chi connectivity index (χ3v) is 5.49. The van der Waals surface area contributed by atoms with Crippen LogP contribution in [0, 0.1) is 13.8 Å². The standard InChI is InChI=1S/C22H26N4O2S/c1-15-20(25-16(2)29-15)12-22(28)26-19-7-5-17(6-8-19)9-11-24-14-21(27)18-4-3-10-23-13-18/h3-8,10,13,21,24,27H,9,11-12,14H2,1-2H3,(H,26,28)/t21-/m0/s1. The summed E-state index contributed by atoms with van der Waals surface area (Å²) in [7, 11) is 0. The van der Waals surface area contributed by atoms with Crippen LogP contribution in [0.3, 0.4) is 0 Å². The highest BCUT2D eigenvalue weighted by molar-refractivity contribution is 7.11. The number of carbonyl (C=O) groups excluding carboxylic acids is 1. The Bertz CT molecular complexity index is 926. The molecule has 0 unspecified atom stereocenters. The molecule has 0 bridgehead atoms. The van der Waals surface area contributed by atoms with E-state index in [1.54, 1.807) is 23.7 Å². The normalized spacial score (nSPS) is 12.0. The zero-order valence-electron chi connectivity index (χ0n) is 16.7. The van der Waals surface area contributed by atoms with Crippen LogP contribution in [-0.2, 0) is 17.6 Å². The quantitative estimate of drug-likeness (QED) is 0.472. The third kappa shape index (κ3) is 6.45. The lowest BCUT2D eigenvalue weighted by molar-refractivity contribution is -0.115. The molecule has 29 heavy (non-hydrogen) atoms. The van der Waals surface area contributed by atoms with Gasteiger partial charge in [-0.25, -0.2) is 4.98 Å². The fourth-order valence-electron chi connectivity index (χ4n) is 3.01. The summed E-state index contributed by atoms with van der Waals surface area (Å²) in [5, 5.41) is 17.3. The number of hydrogen-bond acceptors (Lipinski definition) is 6. The maximum Gasteiger partial charge on any atom is 0.230 e. The first-order valence-electron chi connectivity index (χ1n) is 9.61. The Balaban J connectivity index is 1.40. The summed E-state index contributed by atoms with van der Waals surface area (Å²) in [4.78, 5) is 21.8. The molecule has 0 radical (unpaired) electrons. The van der Waals surface area contributed by atoms with E-state index in [1.807, 2.05) is 50.2 Å². The van der Waals surface area contributed by atoms with Crippen molar-refractivity contribution in [3.05, 3.63) is 75.5 Å².